The van der Waals surface area contributed by atoms with Crippen LogP contribution in [-0.4, -0.2) is 25.5 Å². The molecule has 1 aliphatic rings. The minimum atomic E-state index is -0.0496. The Morgan fingerprint density at radius 2 is 1.62 bits per heavy atom. The van der Waals surface area contributed by atoms with E-state index in [0.29, 0.717) is 28.7 Å². The summed E-state index contributed by atoms with van der Waals surface area (Å²) in [6.07, 6.45) is 4.15. The Labute approximate surface area is 164 Å². The minimum absolute atomic E-state index is 0.0496. The van der Waals surface area contributed by atoms with Gasteiger partial charge in [0.25, 0.3) is 0 Å². The van der Waals surface area contributed by atoms with Gasteiger partial charge in [-0.05, 0) is 55.7 Å². The Balaban J connectivity index is 1.47. The van der Waals surface area contributed by atoms with Gasteiger partial charge >= 0.3 is 0 Å². The van der Waals surface area contributed by atoms with E-state index >= 15 is 0 Å². The molecule has 1 saturated heterocycles. The van der Waals surface area contributed by atoms with Crippen LogP contribution < -0.4 is 15.5 Å². The number of amides is 1. The largest absolute Gasteiger partial charge is 0.382 e. The first-order chi connectivity index (χ1) is 12.6. The van der Waals surface area contributed by atoms with Crippen LogP contribution in [0.2, 0.25) is 10.0 Å². The highest BCUT2D eigenvalue weighted by Gasteiger charge is 2.11. The molecule has 0 saturated carbocycles. The maximum absolute atomic E-state index is 12.1. The summed E-state index contributed by atoms with van der Waals surface area (Å²) in [5.74, 6) is -0.0496. The molecule has 3 rings (SSSR count). The highest BCUT2D eigenvalue weighted by molar-refractivity contribution is 6.39. The molecule has 1 heterocycles. The molecule has 4 nitrogen and oxygen atoms in total. The Morgan fingerprint density at radius 1 is 0.962 bits per heavy atom. The van der Waals surface area contributed by atoms with Crippen molar-refractivity contribution in [3.8, 4) is 0 Å². The topological polar surface area (TPSA) is 44.4 Å². The van der Waals surface area contributed by atoms with E-state index in [1.54, 1.807) is 18.2 Å². The first-order valence-corrected chi connectivity index (χ1v) is 9.72. The summed E-state index contributed by atoms with van der Waals surface area (Å²) in [4.78, 5) is 14.5. The number of halogens is 2. The van der Waals surface area contributed by atoms with Crippen molar-refractivity contribution in [3.63, 3.8) is 0 Å². The van der Waals surface area contributed by atoms with Crippen molar-refractivity contribution in [1.82, 2.24) is 0 Å². The molecule has 1 amide bonds. The second-order valence-electron chi connectivity index (χ2n) is 6.42. The van der Waals surface area contributed by atoms with Crippen molar-refractivity contribution < 1.29 is 4.79 Å². The van der Waals surface area contributed by atoms with Crippen LogP contribution in [0.1, 0.15) is 25.7 Å². The van der Waals surface area contributed by atoms with Gasteiger partial charge in [0.2, 0.25) is 5.91 Å². The number of anilines is 3. The van der Waals surface area contributed by atoms with Crippen LogP contribution in [0.15, 0.2) is 42.5 Å². The SMILES string of the molecule is O=C(CCNc1c(Cl)cccc1Cl)Nc1ccc(N2CCCCC2)cc1. The number of rotatable bonds is 6. The van der Waals surface area contributed by atoms with E-state index < -0.39 is 0 Å². The maximum atomic E-state index is 12.1. The van der Waals surface area contributed by atoms with Gasteiger partial charge in [-0.2, -0.15) is 0 Å². The normalized spacial score (nSPS) is 14.2. The summed E-state index contributed by atoms with van der Waals surface area (Å²) >= 11 is 12.2. The lowest BCUT2D eigenvalue weighted by molar-refractivity contribution is -0.115. The van der Waals surface area contributed by atoms with E-state index in [1.807, 2.05) is 12.1 Å². The van der Waals surface area contributed by atoms with Crippen LogP contribution in [0.3, 0.4) is 0 Å². The number of nitrogens with one attached hydrogen (secondary N) is 2. The van der Waals surface area contributed by atoms with E-state index in [0.717, 1.165) is 18.8 Å². The fourth-order valence-corrected chi connectivity index (χ4v) is 3.63. The molecule has 2 N–H and O–H groups in total. The molecule has 2 aromatic carbocycles. The molecule has 0 unspecified atom stereocenters. The molecule has 26 heavy (non-hydrogen) atoms. The zero-order valence-electron chi connectivity index (χ0n) is 14.6. The average molecular weight is 392 g/mol. The first kappa shape index (κ1) is 18.9. The molecule has 0 radical (unpaired) electrons. The summed E-state index contributed by atoms with van der Waals surface area (Å²) in [6, 6.07) is 13.4. The van der Waals surface area contributed by atoms with E-state index in [9.17, 15) is 4.79 Å². The van der Waals surface area contributed by atoms with Gasteiger partial charge in [0.05, 0.1) is 15.7 Å². The lowest BCUT2D eigenvalue weighted by atomic mass is 10.1. The summed E-state index contributed by atoms with van der Waals surface area (Å²) < 4.78 is 0. The van der Waals surface area contributed by atoms with Gasteiger partial charge < -0.3 is 15.5 Å². The van der Waals surface area contributed by atoms with Crippen LogP contribution in [0.5, 0.6) is 0 Å². The van der Waals surface area contributed by atoms with Crippen molar-refractivity contribution in [2.24, 2.45) is 0 Å². The molecule has 1 aliphatic heterocycles. The number of hydrogen-bond donors (Lipinski definition) is 2. The fourth-order valence-electron chi connectivity index (χ4n) is 3.10. The van der Waals surface area contributed by atoms with Gasteiger partial charge in [-0.3, -0.25) is 4.79 Å². The zero-order valence-corrected chi connectivity index (χ0v) is 16.1. The number of benzene rings is 2. The molecule has 6 heteroatoms. The molecule has 1 fully saturated rings. The Kier molecular flexibility index (Phi) is 6.64. The molecule has 0 aromatic heterocycles. The summed E-state index contributed by atoms with van der Waals surface area (Å²) in [7, 11) is 0. The lowest BCUT2D eigenvalue weighted by Gasteiger charge is -2.28. The van der Waals surface area contributed by atoms with Gasteiger partial charge in [0.1, 0.15) is 0 Å². The Hall–Kier alpha value is -1.91. The van der Waals surface area contributed by atoms with Gasteiger partial charge in [-0.15, -0.1) is 0 Å². The molecule has 0 atom stereocenters. The first-order valence-electron chi connectivity index (χ1n) is 8.96. The Bertz CT molecular complexity index is 723. The van der Waals surface area contributed by atoms with Crippen molar-refractivity contribution >= 4 is 46.2 Å². The van der Waals surface area contributed by atoms with E-state index in [1.165, 1.54) is 24.9 Å². The number of carbonyl (C=O) groups is 1. The Morgan fingerprint density at radius 3 is 2.27 bits per heavy atom. The van der Waals surface area contributed by atoms with E-state index in [-0.39, 0.29) is 5.91 Å². The van der Waals surface area contributed by atoms with Crippen LogP contribution in [0, 0.1) is 0 Å². The van der Waals surface area contributed by atoms with Gasteiger partial charge in [-0.25, -0.2) is 0 Å². The van der Waals surface area contributed by atoms with Crippen molar-refractivity contribution in [2.75, 3.05) is 35.2 Å². The smallest absolute Gasteiger partial charge is 0.226 e. The predicted octanol–water partition coefficient (Wildman–Crippen LogP) is 5.42. The second-order valence-corrected chi connectivity index (χ2v) is 7.23. The fraction of sp³-hybridized carbons (Fsp3) is 0.350. The zero-order chi connectivity index (χ0) is 18.4. The van der Waals surface area contributed by atoms with Gasteiger partial charge in [-0.1, -0.05) is 29.3 Å². The van der Waals surface area contributed by atoms with E-state index in [4.69, 9.17) is 23.2 Å². The molecule has 0 aliphatic carbocycles. The monoisotopic (exact) mass is 391 g/mol. The van der Waals surface area contributed by atoms with Crippen LogP contribution in [-0.2, 0) is 4.79 Å². The number of piperidine rings is 1. The van der Waals surface area contributed by atoms with Crippen LogP contribution >= 0.6 is 23.2 Å². The molecule has 0 bridgehead atoms. The average Bonchev–Trinajstić information content (AvgIpc) is 2.65. The third kappa shape index (κ3) is 5.05. The highest BCUT2D eigenvalue weighted by atomic mass is 35.5. The second kappa shape index (κ2) is 9.15. The number of hydrogen-bond acceptors (Lipinski definition) is 3. The molecule has 138 valence electrons. The summed E-state index contributed by atoms with van der Waals surface area (Å²) in [6.45, 7) is 2.69. The van der Waals surface area contributed by atoms with Crippen molar-refractivity contribution in [2.45, 2.75) is 25.7 Å². The number of para-hydroxylation sites is 1. The number of nitrogens with zero attached hydrogens (tertiary/aromatic N) is 1. The minimum Gasteiger partial charge on any atom is -0.382 e. The lowest BCUT2D eigenvalue weighted by Crippen LogP contribution is -2.29. The van der Waals surface area contributed by atoms with E-state index in [2.05, 4.69) is 27.7 Å². The predicted molar refractivity (Wildman–Crippen MR) is 111 cm³/mol. The van der Waals surface area contributed by atoms with Gasteiger partial charge in [0.15, 0.2) is 0 Å². The van der Waals surface area contributed by atoms with Gasteiger partial charge in [0, 0.05) is 37.4 Å². The third-order valence-electron chi connectivity index (χ3n) is 4.49. The van der Waals surface area contributed by atoms with Crippen LogP contribution in [0.4, 0.5) is 17.1 Å². The van der Waals surface area contributed by atoms with Crippen molar-refractivity contribution in [3.05, 3.63) is 52.5 Å². The molecular weight excluding hydrogens is 369 g/mol. The quantitative estimate of drug-likeness (QED) is 0.690. The molecular formula is C20H23Cl2N3O. The maximum Gasteiger partial charge on any atom is 0.226 e. The van der Waals surface area contributed by atoms with Crippen molar-refractivity contribution in [1.29, 1.82) is 0 Å². The molecule has 0 spiro atoms. The van der Waals surface area contributed by atoms with Crippen LogP contribution in [0.25, 0.3) is 0 Å². The highest BCUT2D eigenvalue weighted by Crippen LogP contribution is 2.29. The standard InChI is InChI=1S/C20H23Cl2N3O/c21-17-5-4-6-18(22)20(17)23-12-11-19(26)24-15-7-9-16(10-8-15)25-13-2-1-3-14-25/h4-10,23H,1-3,11-14H2,(H,24,26). The third-order valence-corrected chi connectivity index (χ3v) is 5.12. The molecule has 2 aromatic rings. The number of carbonyl (C=O) groups excluding carboxylic acids is 1. The summed E-state index contributed by atoms with van der Waals surface area (Å²) in [5, 5.41) is 7.14. The summed E-state index contributed by atoms with van der Waals surface area (Å²) in [5.41, 5.74) is 2.69.